The predicted molar refractivity (Wildman–Crippen MR) is 147 cm³/mol. The molecule has 204 valence electrons. The molecule has 0 bridgehead atoms. The van der Waals surface area contributed by atoms with Crippen LogP contribution in [0.5, 0.6) is 0 Å². The van der Waals surface area contributed by atoms with Crippen LogP contribution in [0.4, 0.5) is 0 Å². The standard InChI is InChI=1S/C28H58NO4P/c1-5-7-8-9-10-11-12-13-14-15-16-17-18-19-20-21-22-23-24-25-27-32-34(30,31)33-28-26-29(3,4)6-2/h13-14H,5-12,15-28H2,1-4H3/p+1/b14-13-. The number of hydrogen-bond donors (Lipinski definition) is 1. The van der Waals surface area contributed by atoms with Gasteiger partial charge in [-0.2, -0.15) is 0 Å². The summed E-state index contributed by atoms with van der Waals surface area (Å²) in [7, 11) is 0.248. The molecule has 1 atom stereocenters. The number of nitrogens with zero attached hydrogens (tertiary/aromatic N) is 1. The molecule has 5 nitrogen and oxygen atoms in total. The Morgan fingerprint density at radius 2 is 1.06 bits per heavy atom. The van der Waals surface area contributed by atoms with E-state index in [1.807, 2.05) is 0 Å². The van der Waals surface area contributed by atoms with Gasteiger partial charge in [0.05, 0.1) is 27.2 Å². The summed E-state index contributed by atoms with van der Waals surface area (Å²) in [5.41, 5.74) is 0. The highest BCUT2D eigenvalue weighted by molar-refractivity contribution is 7.47. The monoisotopic (exact) mass is 504 g/mol. The minimum absolute atomic E-state index is 0.241. The van der Waals surface area contributed by atoms with Crippen LogP contribution >= 0.6 is 7.82 Å². The van der Waals surface area contributed by atoms with E-state index in [9.17, 15) is 9.46 Å². The summed E-state index contributed by atoms with van der Waals surface area (Å²) in [6.07, 6.45) is 27.9. The summed E-state index contributed by atoms with van der Waals surface area (Å²) < 4.78 is 22.8. The minimum Gasteiger partial charge on any atom is -0.327 e. The average Bonchev–Trinajstić information content (AvgIpc) is 2.79. The molecule has 0 spiro atoms. The molecular weight excluding hydrogens is 445 g/mol. The van der Waals surface area contributed by atoms with Gasteiger partial charge in [0.25, 0.3) is 0 Å². The van der Waals surface area contributed by atoms with Gasteiger partial charge in [0.2, 0.25) is 0 Å². The van der Waals surface area contributed by atoms with Crippen LogP contribution in [0.2, 0.25) is 0 Å². The number of quaternary nitrogens is 1. The summed E-state index contributed by atoms with van der Waals surface area (Å²) in [4.78, 5) is 9.74. The number of allylic oxidation sites excluding steroid dienone is 2. The van der Waals surface area contributed by atoms with Crippen LogP contribution in [0.3, 0.4) is 0 Å². The Morgan fingerprint density at radius 1 is 0.647 bits per heavy atom. The Hall–Kier alpha value is -0.190. The van der Waals surface area contributed by atoms with Crippen molar-refractivity contribution in [2.24, 2.45) is 0 Å². The zero-order valence-corrected chi connectivity index (χ0v) is 24.2. The molecule has 0 aliphatic rings. The van der Waals surface area contributed by atoms with Crippen LogP contribution in [0.1, 0.15) is 129 Å². The Labute approximate surface area is 212 Å². The van der Waals surface area contributed by atoms with Gasteiger partial charge in [0.15, 0.2) is 0 Å². The first-order chi connectivity index (χ1) is 16.3. The zero-order chi connectivity index (χ0) is 25.4. The van der Waals surface area contributed by atoms with E-state index in [1.54, 1.807) is 0 Å². The first kappa shape index (κ1) is 33.8. The maximum absolute atomic E-state index is 11.9. The van der Waals surface area contributed by atoms with Crippen molar-refractivity contribution in [3.8, 4) is 0 Å². The van der Waals surface area contributed by atoms with E-state index in [-0.39, 0.29) is 6.61 Å². The average molecular weight is 505 g/mol. The van der Waals surface area contributed by atoms with Gasteiger partial charge in [-0.1, -0.05) is 103 Å². The fourth-order valence-electron chi connectivity index (χ4n) is 3.84. The van der Waals surface area contributed by atoms with E-state index in [4.69, 9.17) is 9.05 Å². The second-order valence-corrected chi connectivity index (χ2v) is 11.9. The molecule has 0 saturated carbocycles. The summed E-state index contributed by atoms with van der Waals surface area (Å²) in [6, 6.07) is 0. The molecule has 0 aliphatic heterocycles. The molecule has 34 heavy (non-hydrogen) atoms. The van der Waals surface area contributed by atoms with Crippen molar-refractivity contribution in [1.82, 2.24) is 0 Å². The van der Waals surface area contributed by atoms with Gasteiger partial charge in [-0.15, -0.1) is 0 Å². The molecule has 6 heteroatoms. The number of phosphoric acid groups is 1. The number of rotatable bonds is 26. The van der Waals surface area contributed by atoms with Crippen LogP contribution < -0.4 is 0 Å². The lowest BCUT2D eigenvalue weighted by Gasteiger charge is -2.28. The van der Waals surface area contributed by atoms with Gasteiger partial charge >= 0.3 is 7.82 Å². The molecular formula is C28H59NO4P+. The van der Waals surface area contributed by atoms with Crippen LogP contribution in [0.25, 0.3) is 0 Å². The third kappa shape index (κ3) is 24.9. The van der Waals surface area contributed by atoms with Crippen molar-refractivity contribution in [3.63, 3.8) is 0 Å². The van der Waals surface area contributed by atoms with Crippen LogP contribution in [-0.2, 0) is 13.6 Å². The molecule has 1 unspecified atom stereocenters. The van der Waals surface area contributed by atoms with Crippen molar-refractivity contribution in [2.75, 3.05) is 40.4 Å². The summed E-state index contributed by atoms with van der Waals surface area (Å²) in [5.74, 6) is 0. The topological polar surface area (TPSA) is 55.8 Å². The van der Waals surface area contributed by atoms with Crippen LogP contribution in [0.15, 0.2) is 12.2 Å². The second kappa shape index (κ2) is 23.2. The second-order valence-electron chi connectivity index (χ2n) is 10.5. The highest BCUT2D eigenvalue weighted by Crippen LogP contribution is 2.43. The van der Waals surface area contributed by atoms with Gasteiger partial charge in [-0.3, -0.25) is 9.05 Å². The minimum atomic E-state index is -3.90. The van der Waals surface area contributed by atoms with Crippen molar-refractivity contribution in [3.05, 3.63) is 12.2 Å². The van der Waals surface area contributed by atoms with Crippen molar-refractivity contribution < 1.29 is 23.0 Å². The lowest BCUT2D eigenvalue weighted by Crippen LogP contribution is -2.41. The number of unbranched alkanes of at least 4 members (excludes halogenated alkanes) is 16. The van der Waals surface area contributed by atoms with Gasteiger partial charge in [0, 0.05) is 0 Å². The van der Waals surface area contributed by atoms with Gasteiger partial charge < -0.3 is 9.38 Å². The number of phosphoric ester groups is 1. The number of likely N-dealkylation sites (N-methyl/N-ethyl adjacent to an activating group) is 1. The maximum atomic E-state index is 11.9. The van der Waals surface area contributed by atoms with Gasteiger partial charge in [-0.05, 0) is 39.0 Å². The van der Waals surface area contributed by atoms with E-state index in [0.717, 1.165) is 23.9 Å². The Balaban J connectivity index is 3.33. The van der Waals surface area contributed by atoms with Crippen molar-refractivity contribution in [1.29, 1.82) is 0 Å². The third-order valence-electron chi connectivity index (χ3n) is 6.72. The SMILES string of the molecule is CCCCCCCC/C=C\CCCCCCCCCCCCOP(=O)(O)OCC[N+](C)(C)CC. The molecule has 0 aliphatic carbocycles. The molecule has 1 N–H and O–H groups in total. The Bertz CT molecular complexity index is 511. The molecule has 0 saturated heterocycles. The van der Waals surface area contributed by atoms with E-state index in [1.165, 1.54) is 103 Å². The zero-order valence-electron chi connectivity index (χ0n) is 23.3. The molecule has 0 amide bonds. The molecule has 0 fully saturated rings. The summed E-state index contributed by atoms with van der Waals surface area (Å²) >= 11 is 0. The maximum Gasteiger partial charge on any atom is 0.472 e. The quantitative estimate of drug-likeness (QED) is 0.0553. The highest BCUT2D eigenvalue weighted by Gasteiger charge is 2.22. The van der Waals surface area contributed by atoms with Gasteiger partial charge in [0.1, 0.15) is 13.2 Å². The molecule has 0 heterocycles. The van der Waals surface area contributed by atoms with E-state index < -0.39 is 7.82 Å². The molecule has 0 aromatic rings. The lowest BCUT2D eigenvalue weighted by molar-refractivity contribution is -0.888. The smallest absolute Gasteiger partial charge is 0.327 e. The van der Waals surface area contributed by atoms with Crippen molar-refractivity contribution in [2.45, 2.75) is 129 Å². The summed E-state index contributed by atoms with van der Waals surface area (Å²) in [5, 5.41) is 0. The molecule has 0 radical (unpaired) electrons. The molecule has 0 rings (SSSR count). The summed E-state index contributed by atoms with van der Waals surface area (Å²) in [6.45, 7) is 6.55. The van der Waals surface area contributed by atoms with E-state index in [0.29, 0.717) is 13.2 Å². The van der Waals surface area contributed by atoms with Crippen LogP contribution in [-0.4, -0.2) is 49.8 Å². The van der Waals surface area contributed by atoms with Crippen molar-refractivity contribution >= 4 is 7.82 Å². The third-order valence-corrected chi connectivity index (χ3v) is 7.74. The normalized spacial score (nSPS) is 14.1. The molecule has 0 aromatic heterocycles. The fraction of sp³-hybridized carbons (Fsp3) is 0.929. The number of hydrogen-bond acceptors (Lipinski definition) is 3. The van der Waals surface area contributed by atoms with Gasteiger partial charge in [-0.25, -0.2) is 4.57 Å². The Morgan fingerprint density at radius 3 is 1.53 bits per heavy atom. The highest BCUT2D eigenvalue weighted by atomic mass is 31.2. The fourth-order valence-corrected chi connectivity index (χ4v) is 4.58. The molecule has 0 aromatic carbocycles. The van der Waals surface area contributed by atoms with E-state index >= 15 is 0 Å². The van der Waals surface area contributed by atoms with E-state index in [2.05, 4.69) is 40.1 Å². The Kier molecular flexibility index (Phi) is 23.1. The first-order valence-corrected chi connectivity index (χ1v) is 15.9. The lowest BCUT2D eigenvalue weighted by atomic mass is 10.1. The first-order valence-electron chi connectivity index (χ1n) is 14.4. The van der Waals surface area contributed by atoms with Crippen LogP contribution in [0, 0.1) is 0 Å². The predicted octanol–water partition coefficient (Wildman–Crippen LogP) is 8.81. The largest absolute Gasteiger partial charge is 0.472 e.